The maximum atomic E-state index is 13.0. The Morgan fingerprint density at radius 3 is 2.48 bits per heavy atom. The summed E-state index contributed by atoms with van der Waals surface area (Å²) < 4.78 is 0. The molecule has 3 unspecified atom stereocenters. The summed E-state index contributed by atoms with van der Waals surface area (Å²) in [6.45, 7) is 2.80. The Labute approximate surface area is 175 Å². The molecule has 1 aliphatic rings. The number of benzene rings is 2. The summed E-state index contributed by atoms with van der Waals surface area (Å²) in [6, 6.07) is 13.2. The largest absolute Gasteiger partial charge is 0.316 e. The molecule has 0 radical (unpaired) electrons. The average molecular weight is 426 g/mol. The van der Waals surface area contributed by atoms with Crippen LogP contribution in [-0.4, -0.2) is 29.4 Å². The molecule has 6 heteroatoms. The summed E-state index contributed by atoms with van der Waals surface area (Å²) in [7, 11) is 0. The molecule has 0 spiro atoms. The number of likely N-dealkylation sites (tertiary alicyclic amines) is 1. The van der Waals surface area contributed by atoms with Gasteiger partial charge in [-0.05, 0) is 62.1 Å². The summed E-state index contributed by atoms with van der Waals surface area (Å²) in [5.41, 5.74) is 8.00. The van der Waals surface area contributed by atoms with Crippen molar-refractivity contribution in [1.82, 2.24) is 4.90 Å². The van der Waals surface area contributed by atoms with Crippen LogP contribution in [0.1, 0.15) is 35.7 Å². The second-order valence-corrected chi connectivity index (χ2v) is 8.43. The van der Waals surface area contributed by atoms with E-state index in [9.17, 15) is 4.79 Å². The van der Waals surface area contributed by atoms with Crippen LogP contribution in [0.4, 0.5) is 0 Å². The third-order valence-corrected chi connectivity index (χ3v) is 6.23. The van der Waals surface area contributed by atoms with E-state index in [-0.39, 0.29) is 23.9 Å². The maximum absolute atomic E-state index is 13.0. The fourth-order valence-corrected chi connectivity index (χ4v) is 4.25. The predicted octanol–water partition coefficient (Wildman–Crippen LogP) is 5.46. The monoisotopic (exact) mass is 424 g/mol. The zero-order chi connectivity index (χ0) is 19.6. The summed E-state index contributed by atoms with van der Waals surface area (Å²) >= 11 is 18.1. The van der Waals surface area contributed by atoms with Gasteiger partial charge in [0.15, 0.2) is 5.78 Å². The normalized spacial score (nSPS) is 21.8. The van der Waals surface area contributed by atoms with Gasteiger partial charge < -0.3 is 5.73 Å². The van der Waals surface area contributed by atoms with Gasteiger partial charge in [-0.2, -0.15) is 0 Å². The van der Waals surface area contributed by atoms with Crippen molar-refractivity contribution in [3.8, 4) is 0 Å². The number of ketones is 1. The molecule has 0 saturated carbocycles. The van der Waals surface area contributed by atoms with Crippen LogP contribution >= 0.6 is 34.8 Å². The Kier molecular flexibility index (Phi) is 6.83. The number of piperidine rings is 1. The van der Waals surface area contributed by atoms with Crippen LogP contribution in [0, 0.1) is 5.92 Å². The number of nitrogens with zero attached hydrogens (tertiary/aromatic N) is 1. The van der Waals surface area contributed by atoms with E-state index in [1.54, 1.807) is 18.2 Å². The van der Waals surface area contributed by atoms with Crippen molar-refractivity contribution >= 4 is 40.6 Å². The van der Waals surface area contributed by atoms with E-state index >= 15 is 0 Å². The molecule has 3 nitrogen and oxygen atoms in total. The van der Waals surface area contributed by atoms with Gasteiger partial charge in [0.1, 0.15) is 0 Å². The molecule has 1 heterocycles. The summed E-state index contributed by atoms with van der Waals surface area (Å²) in [4.78, 5) is 15.3. The van der Waals surface area contributed by atoms with Crippen molar-refractivity contribution in [2.75, 3.05) is 6.54 Å². The molecule has 0 aliphatic carbocycles. The van der Waals surface area contributed by atoms with E-state index in [4.69, 9.17) is 40.5 Å². The van der Waals surface area contributed by atoms with E-state index in [2.05, 4.69) is 4.90 Å². The van der Waals surface area contributed by atoms with Crippen molar-refractivity contribution in [3.05, 3.63) is 68.7 Å². The lowest BCUT2D eigenvalue weighted by Gasteiger charge is -2.41. The van der Waals surface area contributed by atoms with Gasteiger partial charge in [-0.1, -0.05) is 46.9 Å². The van der Waals surface area contributed by atoms with Crippen molar-refractivity contribution < 1.29 is 4.79 Å². The lowest BCUT2D eigenvalue weighted by Crippen LogP contribution is -2.52. The first-order chi connectivity index (χ1) is 12.8. The number of hydrogen-bond donors (Lipinski definition) is 1. The van der Waals surface area contributed by atoms with Crippen LogP contribution in [0.5, 0.6) is 0 Å². The lowest BCUT2D eigenvalue weighted by atomic mass is 9.82. The second-order valence-electron chi connectivity index (χ2n) is 7.18. The molecule has 144 valence electrons. The number of halogens is 3. The molecule has 2 N–H and O–H groups in total. The Morgan fingerprint density at radius 1 is 1.15 bits per heavy atom. The minimum Gasteiger partial charge on any atom is -0.316 e. The molecular formula is C21H23Cl3N2O. The van der Waals surface area contributed by atoms with E-state index in [1.807, 2.05) is 31.2 Å². The van der Waals surface area contributed by atoms with Gasteiger partial charge >= 0.3 is 0 Å². The molecule has 3 atom stereocenters. The fraction of sp³-hybridized carbons (Fsp3) is 0.381. The smallest absolute Gasteiger partial charge is 0.166 e. The molecule has 0 bridgehead atoms. The Hall–Kier alpha value is -1.10. The minimum absolute atomic E-state index is 0.0467. The van der Waals surface area contributed by atoms with Crippen LogP contribution in [-0.2, 0) is 6.42 Å². The zero-order valence-electron chi connectivity index (χ0n) is 15.2. The van der Waals surface area contributed by atoms with Crippen molar-refractivity contribution in [1.29, 1.82) is 0 Å². The van der Waals surface area contributed by atoms with Crippen molar-refractivity contribution in [2.24, 2.45) is 11.7 Å². The van der Waals surface area contributed by atoms with Gasteiger partial charge in [0, 0.05) is 29.1 Å². The van der Waals surface area contributed by atoms with Crippen LogP contribution in [0.3, 0.4) is 0 Å². The molecule has 2 aromatic carbocycles. The highest BCUT2D eigenvalue weighted by Gasteiger charge is 2.34. The molecule has 27 heavy (non-hydrogen) atoms. The summed E-state index contributed by atoms with van der Waals surface area (Å²) in [5.74, 6) is 0.0774. The van der Waals surface area contributed by atoms with E-state index in [0.29, 0.717) is 15.6 Å². The third kappa shape index (κ3) is 5.04. The zero-order valence-corrected chi connectivity index (χ0v) is 17.4. The first kappa shape index (κ1) is 20.6. The molecule has 2 aromatic rings. The van der Waals surface area contributed by atoms with Crippen LogP contribution in [0.15, 0.2) is 42.5 Å². The van der Waals surface area contributed by atoms with E-state index in [1.165, 1.54) is 5.56 Å². The highest BCUT2D eigenvalue weighted by atomic mass is 35.5. The first-order valence-corrected chi connectivity index (χ1v) is 10.2. The van der Waals surface area contributed by atoms with E-state index < -0.39 is 0 Å². The molecule has 1 fully saturated rings. The maximum Gasteiger partial charge on any atom is 0.166 e. The van der Waals surface area contributed by atoms with Gasteiger partial charge in [-0.3, -0.25) is 9.69 Å². The number of nitrogens with two attached hydrogens (primary N) is 1. The average Bonchev–Trinajstić information content (AvgIpc) is 2.65. The highest BCUT2D eigenvalue weighted by Crippen LogP contribution is 2.31. The number of carbonyl (C=O) groups is 1. The summed E-state index contributed by atoms with van der Waals surface area (Å²) in [6.07, 6.45) is 2.34. The fourth-order valence-electron chi connectivity index (χ4n) is 3.82. The topological polar surface area (TPSA) is 46.3 Å². The third-order valence-electron chi connectivity index (χ3n) is 5.24. The molecule has 1 aliphatic heterocycles. The highest BCUT2D eigenvalue weighted by molar-refractivity contribution is 6.42. The van der Waals surface area contributed by atoms with Crippen LogP contribution in [0.25, 0.3) is 0 Å². The molecule has 3 rings (SSSR count). The van der Waals surface area contributed by atoms with Crippen molar-refractivity contribution in [3.63, 3.8) is 0 Å². The van der Waals surface area contributed by atoms with Gasteiger partial charge in [0.05, 0.1) is 16.2 Å². The van der Waals surface area contributed by atoms with Crippen LogP contribution < -0.4 is 5.73 Å². The molecule has 1 saturated heterocycles. The minimum atomic E-state index is -0.0525. The van der Waals surface area contributed by atoms with Crippen LogP contribution in [0.2, 0.25) is 15.1 Å². The molecule has 0 amide bonds. The predicted molar refractivity (Wildman–Crippen MR) is 113 cm³/mol. The number of Topliss-reactive ketones (excluding diaryl/α,β-unsaturated/α-hetero) is 1. The molecular weight excluding hydrogens is 403 g/mol. The number of hydrogen-bond acceptors (Lipinski definition) is 3. The number of carbonyl (C=O) groups excluding carboxylic acids is 1. The quantitative estimate of drug-likeness (QED) is 0.647. The standard InChI is InChI=1S/C21H23Cl3N2O/c1-13(25)26-9-8-16(21(27)15-4-7-19(23)20(24)12-15)11-18(26)10-14-2-5-17(22)6-3-14/h2-7,12-13,16,18H,8-11,25H2,1H3. The molecule has 0 aromatic heterocycles. The SMILES string of the molecule is CC(N)N1CCC(C(=O)c2ccc(Cl)c(Cl)c2)CC1Cc1ccc(Cl)cc1. The second kappa shape index (κ2) is 8.93. The van der Waals surface area contributed by atoms with E-state index in [0.717, 1.165) is 30.8 Å². The Morgan fingerprint density at radius 2 is 1.85 bits per heavy atom. The first-order valence-electron chi connectivity index (χ1n) is 9.10. The lowest BCUT2D eigenvalue weighted by molar-refractivity contribution is 0.0604. The Bertz CT molecular complexity index is 808. The van der Waals surface area contributed by atoms with Gasteiger partial charge in [0.2, 0.25) is 0 Å². The van der Waals surface area contributed by atoms with Crippen molar-refractivity contribution in [2.45, 2.75) is 38.4 Å². The van der Waals surface area contributed by atoms with Gasteiger partial charge in [-0.15, -0.1) is 0 Å². The van der Waals surface area contributed by atoms with Gasteiger partial charge in [0.25, 0.3) is 0 Å². The Balaban J connectivity index is 1.77. The summed E-state index contributed by atoms with van der Waals surface area (Å²) in [5, 5.41) is 1.59. The van der Waals surface area contributed by atoms with Gasteiger partial charge in [-0.25, -0.2) is 0 Å². The number of rotatable bonds is 5.